The molecule has 23 heavy (non-hydrogen) atoms. The maximum Gasteiger partial charge on any atom is 0.123 e. The van der Waals surface area contributed by atoms with Gasteiger partial charge in [0.15, 0.2) is 0 Å². The molecule has 0 aliphatic heterocycles. The highest BCUT2D eigenvalue weighted by molar-refractivity contribution is 6.08. The van der Waals surface area contributed by atoms with Crippen molar-refractivity contribution in [2.45, 2.75) is 12.6 Å². The number of aliphatic hydroxyl groups excluding tert-OH is 1. The summed E-state index contributed by atoms with van der Waals surface area (Å²) in [6, 6.07) is 8.84. The van der Waals surface area contributed by atoms with Crippen LogP contribution in [-0.4, -0.2) is 35.4 Å². The van der Waals surface area contributed by atoms with Crippen molar-refractivity contribution in [1.82, 2.24) is 9.88 Å². The zero-order valence-corrected chi connectivity index (χ0v) is 12.6. The smallest absolute Gasteiger partial charge is 0.123 e. The lowest BCUT2D eigenvalue weighted by Crippen LogP contribution is -2.33. The number of rotatable bonds is 6. The van der Waals surface area contributed by atoms with Crippen LogP contribution in [-0.2, 0) is 6.54 Å². The molecular weight excluding hydrogens is 300 g/mol. The van der Waals surface area contributed by atoms with Gasteiger partial charge in [0.05, 0.1) is 12.6 Å². The molecule has 0 spiro atoms. The predicted molar refractivity (Wildman–Crippen MR) is 87.3 cm³/mol. The van der Waals surface area contributed by atoms with Crippen LogP contribution in [0, 0.1) is 11.6 Å². The minimum Gasteiger partial charge on any atom is -0.390 e. The first-order valence-electron chi connectivity index (χ1n) is 7.56. The Labute approximate surface area is 132 Å². The summed E-state index contributed by atoms with van der Waals surface area (Å²) in [5, 5.41) is 14.5. The summed E-state index contributed by atoms with van der Waals surface area (Å²) < 4.78 is 29.0. The van der Waals surface area contributed by atoms with E-state index < -0.39 is 6.10 Å². The number of fused-ring (bicyclic) bond motifs is 3. The van der Waals surface area contributed by atoms with Gasteiger partial charge in [0.2, 0.25) is 0 Å². The molecule has 1 aromatic heterocycles. The van der Waals surface area contributed by atoms with Crippen LogP contribution in [0.4, 0.5) is 8.78 Å². The van der Waals surface area contributed by atoms with Crippen molar-refractivity contribution in [1.29, 1.82) is 0 Å². The molecular formula is C17H19F2N3O. The second-order valence-corrected chi connectivity index (χ2v) is 5.58. The van der Waals surface area contributed by atoms with Crippen LogP contribution < -0.4 is 11.1 Å². The summed E-state index contributed by atoms with van der Waals surface area (Å²) >= 11 is 0. The number of hydrogen-bond acceptors (Lipinski definition) is 3. The molecule has 0 amide bonds. The van der Waals surface area contributed by atoms with Crippen molar-refractivity contribution in [2.24, 2.45) is 5.73 Å². The van der Waals surface area contributed by atoms with E-state index in [1.54, 1.807) is 12.1 Å². The monoisotopic (exact) mass is 319 g/mol. The summed E-state index contributed by atoms with van der Waals surface area (Å²) in [5.74, 6) is -0.739. The average Bonchev–Trinajstić information content (AvgIpc) is 2.80. The molecule has 1 unspecified atom stereocenters. The zero-order valence-electron chi connectivity index (χ0n) is 12.6. The molecule has 1 heterocycles. The largest absolute Gasteiger partial charge is 0.390 e. The van der Waals surface area contributed by atoms with Gasteiger partial charge in [0.25, 0.3) is 0 Å². The van der Waals surface area contributed by atoms with Gasteiger partial charge in [-0.2, -0.15) is 0 Å². The number of aromatic nitrogens is 1. The average molecular weight is 319 g/mol. The third-order valence-electron chi connectivity index (χ3n) is 3.88. The quantitative estimate of drug-likeness (QED) is 0.609. The fraction of sp³-hybridized carbons (Fsp3) is 0.294. The molecule has 3 rings (SSSR count). The van der Waals surface area contributed by atoms with E-state index in [9.17, 15) is 13.9 Å². The molecule has 122 valence electrons. The van der Waals surface area contributed by atoms with E-state index in [1.165, 1.54) is 24.3 Å². The number of halogens is 2. The van der Waals surface area contributed by atoms with Gasteiger partial charge in [-0.15, -0.1) is 0 Å². The number of hydrogen-bond donors (Lipinski definition) is 3. The van der Waals surface area contributed by atoms with Crippen molar-refractivity contribution in [3.05, 3.63) is 48.0 Å². The van der Waals surface area contributed by atoms with E-state index in [-0.39, 0.29) is 11.6 Å². The van der Waals surface area contributed by atoms with E-state index in [4.69, 9.17) is 5.73 Å². The Kier molecular flexibility index (Phi) is 4.56. The second-order valence-electron chi connectivity index (χ2n) is 5.58. The molecule has 4 nitrogen and oxygen atoms in total. The van der Waals surface area contributed by atoms with Crippen molar-refractivity contribution in [3.8, 4) is 0 Å². The van der Waals surface area contributed by atoms with Crippen molar-refractivity contribution in [2.75, 3.05) is 19.6 Å². The van der Waals surface area contributed by atoms with Gasteiger partial charge in [0, 0.05) is 41.4 Å². The number of aliphatic hydroxyl groups is 1. The number of nitrogens with zero attached hydrogens (tertiary/aromatic N) is 1. The van der Waals surface area contributed by atoms with Gasteiger partial charge in [-0.3, -0.25) is 0 Å². The molecule has 6 heteroatoms. The number of nitrogens with two attached hydrogens (primary N) is 1. The molecule has 0 radical (unpaired) electrons. The van der Waals surface area contributed by atoms with E-state index >= 15 is 0 Å². The topological polar surface area (TPSA) is 63.2 Å². The first kappa shape index (κ1) is 15.9. The van der Waals surface area contributed by atoms with E-state index in [2.05, 4.69) is 5.32 Å². The fourth-order valence-electron chi connectivity index (χ4n) is 2.89. The summed E-state index contributed by atoms with van der Waals surface area (Å²) in [4.78, 5) is 0. The first-order valence-corrected chi connectivity index (χ1v) is 7.56. The van der Waals surface area contributed by atoms with E-state index in [0.717, 1.165) is 11.0 Å². The Morgan fingerprint density at radius 3 is 2.13 bits per heavy atom. The highest BCUT2D eigenvalue weighted by atomic mass is 19.1. The molecule has 0 saturated carbocycles. The molecule has 0 aliphatic rings. The molecule has 0 saturated heterocycles. The molecule has 4 N–H and O–H groups in total. The van der Waals surface area contributed by atoms with Crippen LogP contribution >= 0.6 is 0 Å². The summed E-state index contributed by atoms with van der Waals surface area (Å²) in [5.41, 5.74) is 6.94. The van der Waals surface area contributed by atoms with Gasteiger partial charge < -0.3 is 20.7 Å². The van der Waals surface area contributed by atoms with Gasteiger partial charge in [-0.05, 0) is 36.4 Å². The Morgan fingerprint density at radius 2 is 1.61 bits per heavy atom. The standard InChI is InChI=1S/C17H19F2N3O/c18-11-1-3-16-14(7-11)15-8-12(19)2-4-17(15)22(16)10-13(23)9-21-6-5-20/h1-4,7-8,13,21,23H,5-6,9-10,20H2. The lowest BCUT2D eigenvalue weighted by Gasteiger charge is -2.14. The molecule has 3 aromatic rings. The molecule has 2 aromatic carbocycles. The van der Waals surface area contributed by atoms with Gasteiger partial charge in [0.1, 0.15) is 11.6 Å². The molecule has 0 bridgehead atoms. The van der Waals surface area contributed by atoms with Crippen LogP contribution in [0.15, 0.2) is 36.4 Å². The van der Waals surface area contributed by atoms with Gasteiger partial charge in [-0.1, -0.05) is 0 Å². The van der Waals surface area contributed by atoms with Crippen LogP contribution in [0.3, 0.4) is 0 Å². The Hall–Kier alpha value is -2.02. The van der Waals surface area contributed by atoms with Crippen LogP contribution in [0.25, 0.3) is 21.8 Å². The third kappa shape index (κ3) is 3.19. The fourth-order valence-corrected chi connectivity index (χ4v) is 2.89. The van der Waals surface area contributed by atoms with Crippen molar-refractivity contribution < 1.29 is 13.9 Å². The normalized spacial score (nSPS) is 13.0. The zero-order chi connectivity index (χ0) is 16.4. The van der Waals surface area contributed by atoms with Crippen molar-refractivity contribution in [3.63, 3.8) is 0 Å². The Balaban J connectivity index is 2.03. The third-order valence-corrected chi connectivity index (χ3v) is 3.88. The maximum absolute atomic E-state index is 13.6. The highest BCUT2D eigenvalue weighted by Gasteiger charge is 2.14. The summed E-state index contributed by atoms with van der Waals surface area (Å²) in [7, 11) is 0. The lowest BCUT2D eigenvalue weighted by molar-refractivity contribution is 0.155. The second kappa shape index (κ2) is 6.62. The van der Waals surface area contributed by atoms with Gasteiger partial charge >= 0.3 is 0 Å². The SMILES string of the molecule is NCCNCC(O)Cn1c2ccc(F)cc2c2cc(F)ccc21. The van der Waals surface area contributed by atoms with Crippen molar-refractivity contribution >= 4 is 21.8 Å². The minimum atomic E-state index is -0.629. The van der Waals surface area contributed by atoms with Crippen LogP contribution in [0.5, 0.6) is 0 Å². The Bertz CT molecular complexity index is 772. The number of nitrogens with one attached hydrogen (secondary N) is 1. The van der Waals surface area contributed by atoms with Crippen LogP contribution in [0.2, 0.25) is 0 Å². The summed E-state index contributed by atoms with van der Waals surface area (Å²) in [6.07, 6.45) is -0.629. The molecule has 1 atom stereocenters. The highest BCUT2D eigenvalue weighted by Crippen LogP contribution is 2.30. The van der Waals surface area contributed by atoms with E-state index in [1.807, 2.05) is 4.57 Å². The number of benzene rings is 2. The predicted octanol–water partition coefficient (Wildman–Crippen LogP) is 1.98. The van der Waals surface area contributed by atoms with E-state index in [0.29, 0.717) is 37.0 Å². The molecule has 0 fully saturated rings. The first-order chi connectivity index (χ1) is 11.1. The van der Waals surface area contributed by atoms with Gasteiger partial charge in [-0.25, -0.2) is 8.78 Å². The maximum atomic E-state index is 13.6. The minimum absolute atomic E-state index is 0.328. The van der Waals surface area contributed by atoms with Crippen LogP contribution in [0.1, 0.15) is 0 Å². The Morgan fingerprint density at radius 1 is 1.04 bits per heavy atom. The summed E-state index contributed by atoms with van der Waals surface area (Å²) in [6.45, 7) is 1.86. The molecule has 0 aliphatic carbocycles. The lowest BCUT2D eigenvalue weighted by atomic mass is 10.1.